The first-order valence-corrected chi connectivity index (χ1v) is 7.31. The predicted octanol–water partition coefficient (Wildman–Crippen LogP) is 0.795. The SMILES string of the molecule is O=C(C[C@H]([NH2+]Cc1ccccc1)C(=O)[O-])c1ccc(Cl)cc1. The molecule has 2 N–H and O–H groups in total. The maximum Gasteiger partial charge on any atom is 0.169 e. The largest absolute Gasteiger partial charge is 0.544 e. The average molecular weight is 318 g/mol. The molecule has 0 saturated carbocycles. The minimum Gasteiger partial charge on any atom is -0.544 e. The Kier molecular flexibility index (Phi) is 5.69. The molecule has 0 saturated heterocycles. The number of rotatable bonds is 7. The van der Waals surface area contributed by atoms with Crippen molar-refractivity contribution in [1.82, 2.24) is 0 Å². The quantitative estimate of drug-likeness (QED) is 0.767. The van der Waals surface area contributed by atoms with Gasteiger partial charge in [0.2, 0.25) is 0 Å². The maximum atomic E-state index is 12.1. The lowest BCUT2D eigenvalue weighted by Gasteiger charge is -2.16. The minimum atomic E-state index is -1.24. The Bertz CT molecular complexity index is 641. The fourth-order valence-electron chi connectivity index (χ4n) is 2.11. The third-order valence-corrected chi connectivity index (χ3v) is 3.61. The van der Waals surface area contributed by atoms with E-state index in [1.54, 1.807) is 29.6 Å². The van der Waals surface area contributed by atoms with Crippen molar-refractivity contribution in [3.8, 4) is 0 Å². The van der Waals surface area contributed by atoms with E-state index >= 15 is 0 Å². The summed E-state index contributed by atoms with van der Waals surface area (Å²) in [7, 11) is 0. The highest BCUT2D eigenvalue weighted by molar-refractivity contribution is 6.30. The molecule has 2 aromatic rings. The van der Waals surface area contributed by atoms with Crippen molar-refractivity contribution < 1.29 is 20.0 Å². The van der Waals surface area contributed by atoms with E-state index < -0.39 is 12.0 Å². The lowest BCUT2D eigenvalue weighted by Crippen LogP contribution is -2.92. The summed E-state index contributed by atoms with van der Waals surface area (Å²) < 4.78 is 0. The van der Waals surface area contributed by atoms with Gasteiger partial charge in [-0.3, -0.25) is 4.79 Å². The van der Waals surface area contributed by atoms with Gasteiger partial charge in [0.05, 0.1) is 12.4 Å². The standard InChI is InChI=1S/C17H16ClNO3/c18-14-8-6-13(7-9-14)16(20)10-15(17(21)22)19-11-12-4-2-1-3-5-12/h1-9,15,19H,10-11H2,(H,21,22)/t15-/m0/s1. The number of nitrogens with two attached hydrogens (primary N) is 1. The summed E-state index contributed by atoms with van der Waals surface area (Å²) in [6, 6.07) is 15.0. The molecule has 0 fully saturated rings. The molecule has 0 spiro atoms. The summed E-state index contributed by atoms with van der Waals surface area (Å²) in [6.07, 6.45) is -0.114. The summed E-state index contributed by atoms with van der Waals surface area (Å²) in [4.78, 5) is 23.4. The zero-order chi connectivity index (χ0) is 15.9. The molecule has 0 aliphatic rings. The van der Waals surface area contributed by atoms with E-state index in [-0.39, 0.29) is 12.2 Å². The van der Waals surface area contributed by atoms with Crippen LogP contribution in [0.3, 0.4) is 0 Å². The third-order valence-electron chi connectivity index (χ3n) is 3.36. The Morgan fingerprint density at radius 2 is 1.68 bits per heavy atom. The second kappa shape index (κ2) is 7.73. The molecule has 114 valence electrons. The summed E-state index contributed by atoms with van der Waals surface area (Å²) >= 11 is 5.77. The number of carbonyl (C=O) groups is 2. The number of carboxylic acid groups (broad SMARTS) is 1. The Labute approximate surface area is 133 Å². The van der Waals surface area contributed by atoms with Crippen molar-refractivity contribution in [3.05, 3.63) is 70.7 Å². The Balaban J connectivity index is 1.98. The van der Waals surface area contributed by atoms with Crippen LogP contribution in [0.4, 0.5) is 0 Å². The van der Waals surface area contributed by atoms with Gasteiger partial charge in [0.1, 0.15) is 12.6 Å². The van der Waals surface area contributed by atoms with Crippen LogP contribution in [-0.2, 0) is 11.3 Å². The fraction of sp³-hybridized carbons (Fsp3) is 0.176. The van der Waals surface area contributed by atoms with Gasteiger partial charge >= 0.3 is 0 Å². The molecule has 0 aliphatic heterocycles. The molecule has 0 bridgehead atoms. The first-order chi connectivity index (χ1) is 10.6. The Hall–Kier alpha value is -2.17. The van der Waals surface area contributed by atoms with E-state index in [1.807, 2.05) is 30.3 Å². The lowest BCUT2D eigenvalue weighted by molar-refractivity contribution is -0.697. The van der Waals surface area contributed by atoms with Gasteiger partial charge in [-0.05, 0) is 24.3 Å². The van der Waals surface area contributed by atoms with Gasteiger partial charge in [0, 0.05) is 16.1 Å². The van der Waals surface area contributed by atoms with Gasteiger partial charge in [0.15, 0.2) is 5.78 Å². The van der Waals surface area contributed by atoms with Crippen LogP contribution in [0.15, 0.2) is 54.6 Å². The maximum absolute atomic E-state index is 12.1. The number of Topliss-reactive ketones (excluding diaryl/α,β-unsaturated/α-hetero) is 1. The van der Waals surface area contributed by atoms with Crippen LogP contribution >= 0.6 is 11.6 Å². The molecule has 0 aliphatic carbocycles. The fourth-order valence-corrected chi connectivity index (χ4v) is 2.23. The van der Waals surface area contributed by atoms with Crippen molar-refractivity contribution in [1.29, 1.82) is 0 Å². The molecule has 2 rings (SSSR count). The smallest absolute Gasteiger partial charge is 0.169 e. The molecule has 2 aromatic carbocycles. The third kappa shape index (κ3) is 4.69. The molecular weight excluding hydrogens is 302 g/mol. The van der Waals surface area contributed by atoms with E-state index in [0.717, 1.165) is 5.56 Å². The van der Waals surface area contributed by atoms with Crippen LogP contribution in [0.25, 0.3) is 0 Å². The van der Waals surface area contributed by atoms with E-state index in [9.17, 15) is 14.7 Å². The normalized spacial score (nSPS) is 11.9. The van der Waals surface area contributed by atoms with Crippen molar-refractivity contribution in [2.75, 3.05) is 0 Å². The van der Waals surface area contributed by atoms with Crippen molar-refractivity contribution in [2.45, 2.75) is 19.0 Å². The molecule has 1 atom stereocenters. The summed E-state index contributed by atoms with van der Waals surface area (Å²) in [5.74, 6) is -1.48. The number of quaternary nitrogens is 1. The van der Waals surface area contributed by atoms with Gasteiger partial charge in [-0.25, -0.2) is 0 Å². The topological polar surface area (TPSA) is 73.8 Å². The number of benzene rings is 2. The number of ketones is 1. The van der Waals surface area contributed by atoms with Gasteiger partial charge < -0.3 is 15.2 Å². The molecule has 0 heterocycles. The second-order valence-electron chi connectivity index (χ2n) is 4.99. The highest BCUT2D eigenvalue weighted by atomic mass is 35.5. The second-order valence-corrected chi connectivity index (χ2v) is 5.42. The van der Waals surface area contributed by atoms with E-state index in [4.69, 9.17) is 11.6 Å². The van der Waals surface area contributed by atoms with Crippen molar-refractivity contribution >= 4 is 23.4 Å². The van der Waals surface area contributed by atoms with Crippen LogP contribution in [0.1, 0.15) is 22.3 Å². The number of aliphatic carboxylic acids is 1. The molecular formula is C17H16ClNO3. The average Bonchev–Trinajstić information content (AvgIpc) is 2.52. The molecule has 5 heteroatoms. The van der Waals surface area contributed by atoms with Crippen molar-refractivity contribution in [2.24, 2.45) is 0 Å². The van der Waals surface area contributed by atoms with Gasteiger partial charge in [-0.1, -0.05) is 41.9 Å². The summed E-state index contributed by atoms with van der Waals surface area (Å²) in [5.41, 5.74) is 1.44. The number of hydrogen-bond acceptors (Lipinski definition) is 3. The zero-order valence-electron chi connectivity index (χ0n) is 11.9. The first-order valence-electron chi connectivity index (χ1n) is 6.93. The molecule has 4 nitrogen and oxygen atoms in total. The van der Waals surface area contributed by atoms with E-state index in [2.05, 4.69) is 0 Å². The first kappa shape index (κ1) is 16.2. The molecule has 0 unspecified atom stereocenters. The van der Waals surface area contributed by atoms with Crippen molar-refractivity contribution in [3.63, 3.8) is 0 Å². The highest BCUT2D eigenvalue weighted by Crippen LogP contribution is 2.11. The highest BCUT2D eigenvalue weighted by Gasteiger charge is 2.19. The summed E-state index contributed by atoms with van der Waals surface area (Å²) in [6.45, 7) is 0.480. The zero-order valence-corrected chi connectivity index (χ0v) is 12.6. The lowest BCUT2D eigenvalue weighted by atomic mass is 10.0. The monoisotopic (exact) mass is 317 g/mol. The van der Waals surface area contributed by atoms with Crippen LogP contribution in [0, 0.1) is 0 Å². The van der Waals surface area contributed by atoms with Crippen LogP contribution in [0.2, 0.25) is 5.02 Å². The van der Waals surface area contributed by atoms with Crippen LogP contribution < -0.4 is 10.4 Å². The minimum absolute atomic E-state index is 0.114. The van der Waals surface area contributed by atoms with Gasteiger partial charge in [-0.15, -0.1) is 0 Å². The van der Waals surface area contributed by atoms with E-state index in [0.29, 0.717) is 17.1 Å². The number of halogens is 1. The number of carboxylic acids is 1. The molecule has 22 heavy (non-hydrogen) atoms. The number of hydrogen-bond donors (Lipinski definition) is 1. The van der Waals surface area contributed by atoms with E-state index in [1.165, 1.54) is 0 Å². The number of carbonyl (C=O) groups excluding carboxylic acids is 2. The van der Waals surface area contributed by atoms with Gasteiger partial charge in [0.25, 0.3) is 0 Å². The molecule has 0 aromatic heterocycles. The summed E-state index contributed by atoms with van der Waals surface area (Å²) in [5, 5.41) is 13.4. The Morgan fingerprint density at radius 3 is 2.27 bits per heavy atom. The van der Waals surface area contributed by atoms with Crippen LogP contribution in [-0.4, -0.2) is 17.8 Å². The van der Waals surface area contributed by atoms with Crippen LogP contribution in [0.5, 0.6) is 0 Å². The molecule has 0 radical (unpaired) electrons. The Morgan fingerprint density at radius 1 is 1.05 bits per heavy atom. The predicted molar refractivity (Wildman–Crippen MR) is 81.3 cm³/mol. The molecule has 0 amide bonds. The van der Waals surface area contributed by atoms with Gasteiger partial charge in [-0.2, -0.15) is 0 Å².